The van der Waals surface area contributed by atoms with Gasteiger partial charge in [0.25, 0.3) is 0 Å². The summed E-state index contributed by atoms with van der Waals surface area (Å²) in [6, 6.07) is 6.03. The summed E-state index contributed by atoms with van der Waals surface area (Å²) < 4.78 is 27.4. The molecule has 160 valence electrons. The molecule has 1 aromatic carbocycles. The Morgan fingerprint density at radius 3 is 2.71 bits per heavy atom. The molecule has 0 atom stereocenters. The summed E-state index contributed by atoms with van der Waals surface area (Å²) in [6.07, 6.45) is 3.92. The Morgan fingerprint density at radius 1 is 1.26 bits per heavy atom. The number of hydrogen-bond acceptors (Lipinski definition) is 5. The maximum Gasteiger partial charge on any atom is 0.410 e. The molecule has 8 nitrogen and oxygen atoms in total. The molecule has 3 aromatic rings. The second-order valence-corrected chi connectivity index (χ2v) is 7.59. The predicted molar refractivity (Wildman–Crippen MR) is 111 cm³/mol. The molecule has 1 amide bonds. The number of halogens is 1. The van der Waals surface area contributed by atoms with E-state index in [9.17, 15) is 9.18 Å². The standard InChI is InChI=1S/C22H22FN5O3/c1-14(2)30-22(29)27-10-7-16(8-11-27)31-20-6-9-25-21-18(13-26-28(20)21)17-5-4-15(24-3)12-19(17)23/h4-6,9,12-14,16H,7-8,10-11H2,1-2H3. The summed E-state index contributed by atoms with van der Waals surface area (Å²) in [7, 11) is 0. The lowest BCUT2D eigenvalue weighted by Gasteiger charge is -2.31. The monoisotopic (exact) mass is 423 g/mol. The first-order valence-electron chi connectivity index (χ1n) is 10.1. The van der Waals surface area contributed by atoms with Crippen molar-refractivity contribution >= 4 is 17.4 Å². The van der Waals surface area contributed by atoms with Crippen LogP contribution in [0.3, 0.4) is 0 Å². The molecule has 1 aliphatic rings. The van der Waals surface area contributed by atoms with Gasteiger partial charge in [-0.2, -0.15) is 9.61 Å². The molecule has 31 heavy (non-hydrogen) atoms. The van der Waals surface area contributed by atoms with Crippen molar-refractivity contribution in [3.05, 3.63) is 53.9 Å². The first-order valence-corrected chi connectivity index (χ1v) is 10.1. The van der Waals surface area contributed by atoms with Crippen LogP contribution in [0.5, 0.6) is 5.88 Å². The van der Waals surface area contributed by atoms with Crippen molar-refractivity contribution < 1.29 is 18.7 Å². The summed E-state index contributed by atoms with van der Waals surface area (Å²) in [4.78, 5) is 21.3. The molecule has 1 fully saturated rings. The minimum absolute atomic E-state index is 0.0870. The Bertz CT molecular complexity index is 1150. The smallest absolute Gasteiger partial charge is 0.410 e. The Morgan fingerprint density at radius 2 is 2.03 bits per heavy atom. The van der Waals surface area contributed by atoms with Crippen molar-refractivity contribution in [3.63, 3.8) is 0 Å². The van der Waals surface area contributed by atoms with E-state index >= 15 is 0 Å². The van der Waals surface area contributed by atoms with Gasteiger partial charge in [-0.1, -0.05) is 12.1 Å². The minimum Gasteiger partial charge on any atom is -0.474 e. The van der Waals surface area contributed by atoms with E-state index in [0.29, 0.717) is 48.6 Å². The van der Waals surface area contributed by atoms with Crippen molar-refractivity contribution in [2.45, 2.75) is 38.9 Å². The molecule has 9 heteroatoms. The predicted octanol–water partition coefficient (Wildman–Crippen LogP) is 4.47. The van der Waals surface area contributed by atoms with Crippen LogP contribution >= 0.6 is 0 Å². The van der Waals surface area contributed by atoms with Gasteiger partial charge in [0, 0.05) is 49.3 Å². The molecule has 0 radical (unpaired) electrons. The summed E-state index contributed by atoms with van der Waals surface area (Å²) in [5.41, 5.74) is 1.54. The molecule has 0 aliphatic carbocycles. The molecule has 0 unspecified atom stereocenters. The minimum atomic E-state index is -0.503. The Kier molecular flexibility index (Phi) is 5.71. The van der Waals surface area contributed by atoms with E-state index in [1.165, 1.54) is 16.8 Å². The second-order valence-electron chi connectivity index (χ2n) is 7.59. The molecule has 0 N–H and O–H groups in total. The highest BCUT2D eigenvalue weighted by atomic mass is 19.1. The fourth-order valence-corrected chi connectivity index (χ4v) is 3.54. The van der Waals surface area contributed by atoms with E-state index in [0.717, 1.165) is 0 Å². The summed E-state index contributed by atoms with van der Waals surface area (Å²) >= 11 is 0. The molecule has 0 saturated carbocycles. The van der Waals surface area contributed by atoms with Crippen LogP contribution in [0.15, 0.2) is 36.7 Å². The van der Waals surface area contributed by atoms with Gasteiger partial charge < -0.3 is 14.4 Å². The molecule has 1 aliphatic heterocycles. The Hall–Kier alpha value is -3.67. The van der Waals surface area contributed by atoms with Gasteiger partial charge in [-0.25, -0.2) is 19.0 Å². The van der Waals surface area contributed by atoms with Gasteiger partial charge in [0.05, 0.1) is 18.9 Å². The van der Waals surface area contributed by atoms with E-state index < -0.39 is 5.82 Å². The number of carbonyl (C=O) groups excluding carboxylic acids is 1. The largest absolute Gasteiger partial charge is 0.474 e. The summed E-state index contributed by atoms with van der Waals surface area (Å²) in [5, 5.41) is 4.34. The third kappa shape index (κ3) is 4.28. The topological polar surface area (TPSA) is 73.3 Å². The Balaban J connectivity index is 1.51. The lowest BCUT2D eigenvalue weighted by molar-refractivity contribution is 0.0502. The zero-order valence-corrected chi connectivity index (χ0v) is 17.3. The number of likely N-dealkylation sites (tertiary alicyclic amines) is 1. The van der Waals surface area contributed by atoms with Gasteiger partial charge in [-0.3, -0.25) is 0 Å². The van der Waals surface area contributed by atoms with E-state index in [-0.39, 0.29) is 24.0 Å². The van der Waals surface area contributed by atoms with Crippen LogP contribution in [-0.4, -0.2) is 50.9 Å². The first kappa shape index (κ1) is 20.6. The van der Waals surface area contributed by atoms with Crippen LogP contribution < -0.4 is 4.74 Å². The van der Waals surface area contributed by atoms with E-state index in [4.69, 9.17) is 16.0 Å². The maximum atomic E-state index is 14.5. The molecule has 4 rings (SSSR count). The first-order chi connectivity index (χ1) is 15.0. The number of carbonyl (C=O) groups is 1. The molecular weight excluding hydrogens is 401 g/mol. The lowest BCUT2D eigenvalue weighted by atomic mass is 10.1. The van der Waals surface area contributed by atoms with Crippen molar-refractivity contribution in [2.24, 2.45) is 0 Å². The number of aromatic nitrogens is 3. The number of ether oxygens (including phenoxy) is 2. The number of hydrogen-bond donors (Lipinski definition) is 0. The molecule has 0 spiro atoms. The number of amides is 1. The molecule has 0 bridgehead atoms. The highest BCUT2D eigenvalue weighted by Crippen LogP contribution is 2.30. The number of fused-ring (bicyclic) bond motifs is 1. The highest BCUT2D eigenvalue weighted by molar-refractivity contribution is 5.78. The summed E-state index contributed by atoms with van der Waals surface area (Å²) in [6.45, 7) is 11.8. The van der Waals surface area contributed by atoms with Crippen LogP contribution in [0, 0.1) is 12.4 Å². The highest BCUT2D eigenvalue weighted by Gasteiger charge is 2.26. The van der Waals surface area contributed by atoms with Crippen LogP contribution in [0.1, 0.15) is 26.7 Å². The van der Waals surface area contributed by atoms with Gasteiger partial charge in [-0.05, 0) is 19.9 Å². The number of rotatable bonds is 4. The number of nitrogens with zero attached hydrogens (tertiary/aromatic N) is 5. The molecule has 3 heterocycles. The average Bonchev–Trinajstić information content (AvgIpc) is 3.18. The third-order valence-corrected chi connectivity index (χ3v) is 5.06. The SMILES string of the molecule is [C-]#[N+]c1ccc(-c2cnn3c(OC4CCN(C(=O)OC(C)C)CC4)ccnc23)c(F)c1. The quantitative estimate of drug-likeness (QED) is 0.579. The lowest BCUT2D eigenvalue weighted by Crippen LogP contribution is -2.42. The van der Waals surface area contributed by atoms with Crippen LogP contribution in [0.4, 0.5) is 14.9 Å². The molecular formula is C22H22FN5O3. The molecule has 2 aromatic heterocycles. The van der Waals surface area contributed by atoms with E-state index in [2.05, 4.69) is 14.9 Å². The fourth-order valence-electron chi connectivity index (χ4n) is 3.54. The van der Waals surface area contributed by atoms with Gasteiger partial charge in [0.15, 0.2) is 11.3 Å². The zero-order valence-electron chi connectivity index (χ0n) is 17.3. The number of piperidine rings is 1. The second kappa shape index (κ2) is 8.60. The molecule has 1 saturated heterocycles. The fraction of sp³-hybridized carbons (Fsp3) is 0.364. The van der Waals surface area contributed by atoms with Gasteiger partial charge in [0.1, 0.15) is 11.9 Å². The van der Waals surface area contributed by atoms with E-state index in [1.54, 1.807) is 29.3 Å². The zero-order chi connectivity index (χ0) is 22.0. The van der Waals surface area contributed by atoms with Crippen LogP contribution in [-0.2, 0) is 4.74 Å². The van der Waals surface area contributed by atoms with Crippen molar-refractivity contribution in [2.75, 3.05) is 13.1 Å². The van der Waals surface area contributed by atoms with Crippen LogP contribution in [0.25, 0.3) is 21.6 Å². The number of benzene rings is 1. The van der Waals surface area contributed by atoms with Crippen molar-refractivity contribution in [1.29, 1.82) is 0 Å². The maximum absolute atomic E-state index is 14.5. The Labute approximate surface area is 179 Å². The van der Waals surface area contributed by atoms with Crippen molar-refractivity contribution in [1.82, 2.24) is 19.5 Å². The third-order valence-electron chi connectivity index (χ3n) is 5.06. The summed E-state index contributed by atoms with van der Waals surface area (Å²) in [5.74, 6) is -0.00480. The van der Waals surface area contributed by atoms with Gasteiger partial charge >= 0.3 is 6.09 Å². The normalized spacial score (nSPS) is 14.6. The van der Waals surface area contributed by atoms with Crippen molar-refractivity contribution in [3.8, 4) is 17.0 Å². The van der Waals surface area contributed by atoms with E-state index in [1.807, 2.05) is 13.8 Å². The van der Waals surface area contributed by atoms with Gasteiger partial charge in [-0.15, -0.1) is 0 Å². The van der Waals surface area contributed by atoms with Gasteiger partial charge in [0.2, 0.25) is 5.88 Å². The average molecular weight is 423 g/mol. The van der Waals surface area contributed by atoms with Crippen LogP contribution in [0.2, 0.25) is 0 Å².